The first kappa shape index (κ1) is 16.4. The number of piperazine rings is 1. The van der Waals surface area contributed by atoms with Crippen molar-refractivity contribution in [3.8, 4) is 0 Å². The van der Waals surface area contributed by atoms with Gasteiger partial charge in [-0.25, -0.2) is 0 Å². The second kappa shape index (κ2) is 8.49. The Morgan fingerprint density at radius 2 is 2.10 bits per heavy atom. The van der Waals surface area contributed by atoms with Crippen LogP contribution in [0.4, 0.5) is 0 Å². The van der Waals surface area contributed by atoms with E-state index in [4.69, 9.17) is 4.74 Å². The molecular weight excluding hydrogens is 264 g/mol. The van der Waals surface area contributed by atoms with E-state index in [1.807, 2.05) is 0 Å². The van der Waals surface area contributed by atoms with Crippen LogP contribution in [0.5, 0.6) is 0 Å². The van der Waals surface area contributed by atoms with Gasteiger partial charge in [0.25, 0.3) is 0 Å². The van der Waals surface area contributed by atoms with Crippen molar-refractivity contribution in [2.75, 3.05) is 32.8 Å². The van der Waals surface area contributed by atoms with Crippen molar-refractivity contribution in [2.24, 2.45) is 0 Å². The Morgan fingerprint density at radius 1 is 1.33 bits per heavy atom. The lowest BCUT2D eigenvalue weighted by Crippen LogP contribution is -2.59. The standard InChI is InChI=1S/C17H28N2O2/c1-14(2)21-9-8-19-12-16(18-11-17(19)13-20)10-15-6-4-3-5-7-15/h3-7,14,16-18,20H,8-13H2,1-2H3. The van der Waals surface area contributed by atoms with E-state index in [1.54, 1.807) is 0 Å². The fourth-order valence-electron chi connectivity index (χ4n) is 2.82. The number of benzene rings is 1. The van der Waals surface area contributed by atoms with Crippen LogP contribution < -0.4 is 5.32 Å². The fraction of sp³-hybridized carbons (Fsp3) is 0.647. The van der Waals surface area contributed by atoms with Crippen LogP contribution >= 0.6 is 0 Å². The highest BCUT2D eigenvalue weighted by Crippen LogP contribution is 2.11. The summed E-state index contributed by atoms with van der Waals surface area (Å²) in [4.78, 5) is 2.35. The summed E-state index contributed by atoms with van der Waals surface area (Å²) in [6.45, 7) is 7.73. The molecule has 1 heterocycles. The summed E-state index contributed by atoms with van der Waals surface area (Å²) < 4.78 is 5.65. The summed E-state index contributed by atoms with van der Waals surface area (Å²) in [5.41, 5.74) is 1.36. The lowest BCUT2D eigenvalue weighted by atomic mass is 10.0. The molecule has 1 aromatic carbocycles. The number of ether oxygens (including phenoxy) is 1. The van der Waals surface area contributed by atoms with Crippen LogP contribution in [0.3, 0.4) is 0 Å². The van der Waals surface area contributed by atoms with Gasteiger partial charge in [0.05, 0.1) is 19.3 Å². The van der Waals surface area contributed by atoms with Crippen molar-refractivity contribution in [2.45, 2.75) is 38.5 Å². The number of aliphatic hydroxyl groups excluding tert-OH is 1. The minimum absolute atomic E-state index is 0.201. The molecule has 0 aliphatic carbocycles. The van der Waals surface area contributed by atoms with Crippen LogP contribution in [0, 0.1) is 0 Å². The van der Waals surface area contributed by atoms with Crippen LogP contribution in [-0.2, 0) is 11.2 Å². The van der Waals surface area contributed by atoms with Crippen molar-refractivity contribution >= 4 is 0 Å². The SMILES string of the molecule is CC(C)OCCN1CC(Cc2ccccc2)NCC1CO. The second-order valence-electron chi connectivity index (χ2n) is 6.05. The molecule has 1 aliphatic rings. The van der Waals surface area contributed by atoms with Crippen molar-refractivity contribution in [3.05, 3.63) is 35.9 Å². The molecule has 21 heavy (non-hydrogen) atoms. The zero-order valence-corrected chi connectivity index (χ0v) is 13.2. The van der Waals surface area contributed by atoms with Gasteiger partial charge in [-0.2, -0.15) is 0 Å². The molecule has 2 rings (SSSR count). The summed E-state index contributed by atoms with van der Waals surface area (Å²) >= 11 is 0. The molecule has 2 unspecified atom stereocenters. The maximum Gasteiger partial charge on any atom is 0.0599 e. The lowest BCUT2D eigenvalue weighted by Gasteiger charge is -2.39. The topological polar surface area (TPSA) is 44.7 Å². The van der Waals surface area contributed by atoms with E-state index in [-0.39, 0.29) is 18.8 Å². The number of nitrogens with zero attached hydrogens (tertiary/aromatic N) is 1. The van der Waals surface area contributed by atoms with Crippen LogP contribution in [0.1, 0.15) is 19.4 Å². The summed E-state index contributed by atoms with van der Waals surface area (Å²) in [5.74, 6) is 0. The summed E-state index contributed by atoms with van der Waals surface area (Å²) in [6, 6.07) is 11.2. The number of rotatable bonds is 7. The van der Waals surface area contributed by atoms with E-state index < -0.39 is 0 Å². The zero-order chi connectivity index (χ0) is 15.1. The van der Waals surface area contributed by atoms with Gasteiger partial charge in [-0.3, -0.25) is 4.90 Å². The minimum atomic E-state index is 0.201. The van der Waals surface area contributed by atoms with E-state index >= 15 is 0 Å². The number of hydrogen-bond donors (Lipinski definition) is 2. The van der Waals surface area contributed by atoms with E-state index in [2.05, 4.69) is 54.4 Å². The third-order valence-corrected chi connectivity index (χ3v) is 3.98. The highest BCUT2D eigenvalue weighted by molar-refractivity contribution is 5.16. The van der Waals surface area contributed by atoms with Crippen LogP contribution in [0.2, 0.25) is 0 Å². The molecule has 0 spiro atoms. The highest BCUT2D eigenvalue weighted by atomic mass is 16.5. The number of aliphatic hydroxyl groups is 1. The largest absolute Gasteiger partial charge is 0.395 e. The van der Waals surface area contributed by atoms with Gasteiger partial charge in [-0.15, -0.1) is 0 Å². The third-order valence-electron chi connectivity index (χ3n) is 3.98. The van der Waals surface area contributed by atoms with Gasteiger partial charge in [-0.05, 0) is 25.8 Å². The van der Waals surface area contributed by atoms with E-state index in [0.717, 1.165) is 32.7 Å². The van der Waals surface area contributed by atoms with Gasteiger partial charge in [0.1, 0.15) is 0 Å². The Labute approximate surface area is 128 Å². The average Bonchev–Trinajstić information content (AvgIpc) is 2.48. The van der Waals surface area contributed by atoms with Gasteiger partial charge in [0.2, 0.25) is 0 Å². The molecule has 1 aliphatic heterocycles. The molecule has 1 fully saturated rings. The molecule has 0 aromatic heterocycles. The molecule has 0 radical (unpaired) electrons. The Bertz CT molecular complexity index is 397. The molecule has 4 nitrogen and oxygen atoms in total. The maximum absolute atomic E-state index is 9.52. The first-order valence-corrected chi connectivity index (χ1v) is 7.93. The monoisotopic (exact) mass is 292 g/mol. The molecule has 2 N–H and O–H groups in total. The Morgan fingerprint density at radius 3 is 2.76 bits per heavy atom. The first-order valence-electron chi connectivity index (χ1n) is 7.93. The van der Waals surface area contributed by atoms with Crippen LogP contribution in [0.15, 0.2) is 30.3 Å². The van der Waals surface area contributed by atoms with Crippen molar-refractivity contribution in [1.29, 1.82) is 0 Å². The van der Waals surface area contributed by atoms with Crippen LogP contribution in [0.25, 0.3) is 0 Å². The van der Waals surface area contributed by atoms with Gasteiger partial charge in [0.15, 0.2) is 0 Å². The highest BCUT2D eigenvalue weighted by Gasteiger charge is 2.27. The molecule has 118 valence electrons. The summed E-state index contributed by atoms with van der Waals surface area (Å²) in [5, 5.41) is 13.1. The van der Waals surface area contributed by atoms with Gasteiger partial charge < -0.3 is 15.2 Å². The Hall–Kier alpha value is -0.940. The molecule has 4 heteroatoms. The smallest absolute Gasteiger partial charge is 0.0599 e. The lowest BCUT2D eigenvalue weighted by molar-refractivity contribution is 0.0234. The molecule has 0 bridgehead atoms. The molecule has 1 saturated heterocycles. The van der Waals surface area contributed by atoms with Gasteiger partial charge in [-0.1, -0.05) is 30.3 Å². The fourth-order valence-corrected chi connectivity index (χ4v) is 2.82. The van der Waals surface area contributed by atoms with E-state index in [0.29, 0.717) is 6.04 Å². The maximum atomic E-state index is 9.52. The summed E-state index contributed by atoms with van der Waals surface area (Å²) in [7, 11) is 0. The Kier molecular flexibility index (Phi) is 6.64. The Balaban J connectivity index is 1.85. The molecule has 0 saturated carbocycles. The molecule has 0 amide bonds. The average molecular weight is 292 g/mol. The quantitative estimate of drug-likeness (QED) is 0.795. The second-order valence-corrected chi connectivity index (χ2v) is 6.05. The number of nitrogens with one attached hydrogen (secondary N) is 1. The van der Waals surface area contributed by atoms with E-state index in [1.165, 1.54) is 5.56 Å². The first-order chi connectivity index (χ1) is 10.2. The minimum Gasteiger partial charge on any atom is -0.395 e. The third kappa shape index (κ3) is 5.40. The van der Waals surface area contributed by atoms with E-state index in [9.17, 15) is 5.11 Å². The predicted molar refractivity (Wildman–Crippen MR) is 85.5 cm³/mol. The predicted octanol–water partition coefficient (Wildman–Crippen LogP) is 1.29. The number of hydrogen-bond acceptors (Lipinski definition) is 4. The van der Waals surface area contributed by atoms with Crippen molar-refractivity contribution < 1.29 is 9.84 Å². The van der Waals surface area contributed by atoms with Crippen molar-refractivity contribution in [1.82, 2.24) is 10.2 Å². The molecular formula is C17H28N2O2. The molecule has 2 atom stereocenters. The van der Waals surface area contributed by atoms with Crippen LogP contribution in [-0.4, -0.2) is 61.0 Å². The van der Waals surface area contributed by atoms with Gasteiger partial charge in [0, 0.05) is 31.7 Å². The van der Waals surface area contributed by atoms with Gasteiger partial charge >= 0.3 is 0 Å². The molecule has 1 aromatic rings. The zero-order valence-electron chi connectivity index (χ0n) is 13.2. The normalized spacial score (nSPS) is 23.6. The summed E-state index contributed by atoms with van der Waals surface area (Å²) in [6.07, 6.45) is 1.29. The van der Waals surface area contributed by atoms with Crippen molar-refractivity contribution in [3.63, 3.8) is 0 Å².